The monoisotopic (exact) mass is 378 g/mol. The van der Waals surface area contributed by atoms with Gasteiger partial charge in [0.25, 0.3) is 5.91 Å². The molecule has 1 spiro atoms. The van der Waals surface area contributed by atoms with Gasteiger partial charge in [-0.15, -0.1) is 0 Å². The predicted molar refractivity (Wildman–Crippen MR) is 105 cm³/mol. The molecule has 2 saturated heterocycles. The van der Waals surface area contributed by atoms with Crippen molar-refractivity contribution in [3.63, 3.8) is 0 Å². The van der Waals surface area contributed by atoms with Crippen LogP contribution in [-0.2, 0) is 4.74 Å². The van der Waals surface area contributed by atoms with Crippen LogP contribution >= 0.6 is 0 Å². The quantitative estimate of drug-likeness (QED) is 0.758. The molecular weight excluding hydrogens is 352 g/mol. The number of hydrogen-bond acceptors (Lipinski definition) is 4. The van der Waals surface area contributed by atoms with Gasteiger partial charge in [0, 0.05) is 42.4 Å². The van der Waals surface area contributed by atoms with Crippen LogP contribution in [0.15, 0.2) is 42.7 Å². The molecule has 4 heterocycles. The number of carbonyl (C=O) groups is 1. The van der Waals surface area contributed by atoms with Crippen molar-refractivity contribution in [3.8, 4) is 5.75 Å². The number of carbonyl (C=O) groups excluding carboxylic acids is 1. The van der Waals surface area contributed by atoms with E-state index in [0.29, 0.717) is 12.2 Å². The van der Waals surface area contributed by atoms with Gasteiger partial charge in [-0.3, -0.25) is 9.78 Å². The SMILES string of the molecule is Cc1cncc(C(=O)N2CC3(CO[C@@H]4c5ccccc5OC(C)(C)[C@H]4C3)C2)c1. The Bertz CT molecular complexity index is 933. The van der Waals surface area contributed by atoms with Crippen LogP contribution in [0.2, 0.25) is 0 Å². The average molecular weight is 378 g/mol. The zero-order valence-corrected chi connectivity index (χ0v) is 16.6. The van der Waals surface area contributed by atoms with Crippen molar-refractivity contribution in [1.82, 2.24) is 9.88 Å². The minimum absolute atomic E-state index is 0.0288. The summed E-state index contributed by atoms with van der Waals surface area (Å²) in [6.45, 7) is 8.43. The molecule has 0 N–H and O–H groups in total. The molecule has 5 rings (SSSR count). The number of ether oxygens (including phenoxy) is 2. The minimum atomic E-state index is -0.294. The van der Waals surface area contributed by atoms with Gasteiger partial charge in [-0.25, -0.2) is 0 Å². The van der Waals surface area contributed by atoms with E-state index in [2.05, 4.69) is 24.9 Å². The number of para-hydroxylation sites is 1. The van der Waals surface area contributed by atoms with Crippen molar-refractivity contribution in [3.05, 3.63) is 59.4 Å². The number of aromatic nitrogens is 1. The standard InChI is InChI=1S/C23H26N2O3/c1-15-8-16(11-24-10-15)21(26)25-12-23(13-25)9-18-20(27-14-23)17-6-4-5-7-19(17)28-22(18,2)3/h4-8,10-11,18,20H,9,12-14H2,1-3H3/t18-,20+/m0/s1. The molecule has 0 unspecified atom stereocenters. The lowest BCUT2D eigenvalue weighted by molar-refractivity contribution is -0.191. The van der Waals surface area contributed by atoms with Crippen LogP contribution in [0.25, 0.3) is 0 Å². The highest BCUT2D eigenvalue weighted by atomic mass is 16.5. The first kappa shape index (κ1) is 17.7. The normalized spacial score (nSPS) is 26.6. The zero-order valence-electron chi connectivity index (χ0n) is 16.6. The number of hydrogen-bond donors (Lipinski definition) is 0. The average Bonchev–Trinajstić information content (AvgIpc) is 2.65. The second-order valence-corrected chi connectivity index (χ2v) is 9.20. The number of amides is 1. The van der Waals surface area contributed by atoms with Gasteiger partial charge in [0.1, 0.15) is 11.4 Å². The number of fused-ring (bicyclic) bond motifs is 3. The van der Waals surface area contributed by atoms with E-state index in [4.69, 9.17) is 9.47 Å². The molecule has 146 valence electrons. The first-order valence-corrected chi connectivity index (χ1v) is 9.97. The molecule has 0 bridgehead atoms. The van der Waals surface area contributed by atoms with Crippen molar-refractivity contribution in [2.24, 2.45) is 11.3 Å². The molecule has 5 heteroatoms. The van der Waals surface area contributed by atoms with Gasteiger partial charge in [0.15, 0.2) is 0 Å². The summed E-state index contributed by atoms with van der Waals surface area (Å²) >= 11 is 0. The van der Waals surface area contributed by atoms with Crippen LogP contribution in [0.4, 0.5) is 0 Å². The smallest absolute Gasteiger partial charge is 0.255 e. The maximum absolute atomic E-state index is 12.8. The van der Waals surface area contributed by atoms with Crippen LogP contribution in [0.3, 0.4) is 0 Å². The van der Waals surface area contributed by atoms with Crippen molar-refractivity contribution < 1.29 is 14.3 Å². The third kappa shape index (κ3) is 2.72. The van der Waals surface area contributed by atoms with Gasteiger partial charge in [-0.05, 0) is 44.9 Å². The Morgan fingerprint density at radius 3 is 2.79 bits per heavy atom. The Kier molecular flexibility index (Phi) is 3.82. The molecule has 2 fully saturated rings. The van der Waals surface area contributed by atoms with E-state index in [9.17, 15) is 4.79 Å². The third-order valence-electron chi connectivity index (χ3n) is 6.54. The summed E-state index contributed by atoms with van der Waals surface area (Å²) in [5.41, 5.74) is 2.56. The molecule has 0 aliphatic carbocycles. The fourth-order valence-corrected chi connectivity index (χ4v) is 5.08. The van der Waals surface area contributed by atoms with E-state index in [1.165, 1.54) is 0 Å². The maximum atomic E-state index is 12.8. The Morgan fingerprint density at radius 1 is 1.21 bits per heavy atom. The summed E-state index contributed by atoms with van der Waals surface area (Å²) in [5, 5.41) is 0. The number of aryl methyl sites for hydroxylation is 1. The molecule has 0 radical (unpaired) electrons. The van der Waals surface area contributed by atoms with Crippen LogP contribution in [-0.4, -0.2) is 41.1 Å². The highest BCUT2D eigenvalue weighted by molar-refractivity contribution is 5.94. The third-order valence-corrected chi connectivity index (χ3v) is 6.54. The molecule has 1 aromatic carbocycles. The fraction of sp³-hybridized carbons (Fsp3) is 0.478. The first-order valence-electron chi connectivity index (χ1n) is 9.97. The molecule has 3 aliphatic rings. The van der Waals surface area contributed by atoms with Crippen molar-refractivity contribution >= 4 is 5.91 Å². The van der Waals surface area contributed by atoms with E-state index < -0.39 is 0 Å². The Labute approximate surface area is 165 Å². The van der Waals surface area contributed by atoms with Crippen molar-refractivity contribution in [1.29, 1.82) is 0 Å². The first-order chi connectivity index (χ1) is 13.4. The van der Waals surface area contributed by atoms with Crippen LogP contribution in [0, 0.1) is 18.3 Å². The topological polar surface area (TPSA) is 51.7 Å². The fourth-order valence-electron chi connectivity index (χ4n) is 5.08. The van der Waals surface area contributed by atoms with E-state index >= 15 is 0 Å². The number of pyridine rings is 1. The second-order valence-electron chi connectivity index (χ2n) is 9.20. The van der Waals surface area contributed by atoms with Crippen molar-refractivity contribution in [2.75, 3.05) is 19.7 Å². The number of nitrogens with zero attached hydrogens (tertiary/aromatic N) is 2. The van der Waals surface area contributed by atoms with Gasteiger partial charge >= 0.3 is 0 Å². The minimum Gasteiger partial charge on any atom is -0.487 e. The number of likely N-dealkylation sites (tertiary alicyclic amines) is 1. The lowest BCUT2D eigenvalue weighted by atomic mass is 9.64. The Balaban J connectivity index is 1.34. The van der Waals surface area contributed by atoms with E-state index in [0.717, 1.165) is 36.4 Å². The Hall–Kier alpha value is -2.40. The number of rotatable bonds is 1. The summed E-state index contributed by atoms with van der Waals surface area (Å²) < 4.78 is 12.8. The predicted octanol–water partition coefficient (Wildman–Crippen LogP) is 3.78. The number of benzene rings is 1. The summed E-state index contributed by atoms with van der Waals surface area (Å²) in [5.74, 6) is 1.27. The summed E-state index contributed by atoms with van der Waals surface area (Å²) in [6.07, 6.45) is 4.50. The molecule has 5 nitrogen and oxygen atoms in total. The zero-order chi connectivity index (χ0) is 19.5. The molecule has 1 aromatic heterocycles. The second kappa shape index (κ2) is 6.05. The van der Waals surface area contributed by atoms with Gasteiger partial charge < -0.3 is 14.4 Å². The molecule has 1 amide bonds. The molecule has 3 aliphatic heterocycles. The molecule has 2 aromatic rings. The Morgan fingerprint density at radius 2 is 2.00 bits per heavy atom. The summed E-state index contributed by atoms with van der Waals surface area (Å²) in [4.78, 5) is 18.9. The van der Waals surface area contributed by atoms with Crippen LogP contribution in [0.5, 0.6) is 5.75 Å². The lowest BCUT2D eigenvalue weighted by Gasteiger charge is -2.58. The lowest BCUT2D eigenvalue weighted by Crippen LogP contribution is -2.65. The van der Waals surface area contributed by atoms with E-state index in [1.54, 1.807) is 12.4 Å². The molecule has 2 atom stereocenters. The van der Waals surface area contributed by atoms with Gasteiger partial charge in [-0.1, -0.05) is 18.2 Å². The summed E-state index contributed by atoms with van der Waals surface area (Å²) in [7, 11) is 0. The highest BCUT2D eigenvalue weighted by Gasteiger charge is 2.56. The van der Waals surface area contributed by atoms with Crippen LogP contribution < -0.4 is 4.74 Å². The molecule has 0 saturated carbocycles. The molecule has 28 heavy (non-hydrogen) atoms. The van der Waals surface area contributed by atoms with E-state index in [1.807, 2.05) is 36.1 Å². The van der Waals surface area contributed by atoms with Crippen LogP contribution in [0.1, 0.15) is 47.9 Å². The van der Waals surface area contributed by atoms with E-state index in [-0.39, 0.29) is 28.9 Å². The van der Waals surface area contributed by atoms with Gasteiger partial charge in [-0.2, -0.15) is 0 Å². The maximum Gasteiger partial charge on any atom is 0.255 e. The highest BCUT2D eigenvalue weighted by Crippen LogP contribution is 2.55. The largest absolute Gasteiger partial charge is 0.487 e. The van der Waals surface area contributed by atoms with Gasteiger partial charge in [0.2, 0.25) is 0 Å². The summed E-state index contributed by atoms with van der Waals surface area (Å²) in [6, 6.07) is 10.1. The van der Waals surface area contributed by atoms with Gasteiger partial charge in [0.05, 0.1) is 18.3 Å². The molecular formula is C23H26N2O3. The van der Waals surface area contributed by atoms with Crippen molar-refractivity contribution in [2.45, 2.75) is 38.9 Å².